The summed E-state index contributed by atoms with van der Waals surface area (Å²) in [6, 6.07) is 8.54. The summed E-state index contributed by atoms with van der Waals surface area (Å²) in [5, 5.41) is 6.78. The van der Waals surface area contributed by atoms with Crippen molar-refractivity contribution in [3.63, 3.8) is 0 Å². The standard InChI is InChI=1S/C19H29N5/c1-4-17-9-5-6-10-18(17)15-23-19(20-3)22-11-7-8-13-24-14-12-21-16(24)2/h5-6,9-10,12,14H,4,7-8,11,13,15H2,1-3H3,(H2,20,22,23). The summed E-state index contributed by atoms with van der Waals surface area (Å²) in [4.78, 5) is 8.54. The second kappa shape index (κ2) is 9.75. The van der Waals surface area contributed by atoms with Gasteiger partial charge < -0.3 is 15.2 Å². The van der Waals surface area contributed by atoms with Crippen molar-refractivity contribution in [1.82, 2.24) is 20.2 Å². The van der Waals surface area contributed by atoms with Crippen LogP contribution in [0.1, 0.15) is 36.7 Å². The van der Waals surface area contributed by atoms with Crippen molar-refractivity contribution < 1.29 is 0 Å². The van der Waals surface area contributed by atoms with Crippen LogP contribution in [0.4, 0.5) is 0 Å². The van der Waals surface area contributed by atoms with Gasteiger partial charge in [-0.05, 0) is 37.3 Å². The van der Waals surface area contributed by atoms with E-state index in [0.717, 1.165) is 50.7 Å². The number of hydrogen-bond acceptors (Lipinski definition) is 2. The van der Waals surface area contributed by atoms with E-state index >= 15 is 0 Å². The van der Waals surface area contributed by atoms with Gasteiger partial charge in [-0.25, -0.2) is 4.98 Å². The molecule has 0 bridgehead atoms. The number of imidazole rings is 1. The number of guanidine groups is 1. The Morgan fingerprint density at radius 2 is 1.96 bits per heavy atom. The topological polar surface area (TPSA) is 54.2 Å². The number of rotatable bonds is 8. The molecule has 5 nitrogen and oxygen atoms in total. The minimum absolute atomic E-state index is 0.803. The van der Waals surface area contributed by atoms with Crippen molar-refractivity contribution in [3.8, 4) is 0 Å². The SMILES string of the molecule is CCc1ccccc1CNC(=NC)NCCCCn1ccnc1C. The highest BCUT2D eigenvalue weighted by Crippen LogP contribution is 2.08. The Hall–Kier alpha value is -2.30. The molecule has 0 saturated heterocycles. The number of hydrogen-bond donors (Lipinski definition) is 2. The summed E-state index contributed by atoms with van der Waals surface area (Å²) >= 11 is 0. The molecule has 2 rings (SSSR count). The lowest BCUT2D eigenvalue weighted by Crippen LogP contribution is -2.37. The lowest BCUT2D eigenvalue weighted by Gasteiger charge is -2.14. The molecule has 0 spiro atoms. The Morgan fingerprint density at radius 3 is 2.62 bits per heavy atom. The second-order valence-electron chi connectivity index (χ2n) is 5.85. The minimum atomic E-state index is 0.803. The van der Waals surface area contributed by atoms with Crippen molar-refractivity contribution in [3.05, 3.63) is 53.6 Å². The highest BCUT2D eigenvalue weighted by molar-refractivity contribution is 5.79. The lowest BCUT2D eigenvalue weighted by atomic mass is 10.1. The number of nitrogens with zero attached hydrogens (tertiary/aromatic N) is 3. The van der Waals surface area contributed by atoms with Crippen molar-refractivity contribution in [2.45, 2.75) is 46.2 Å². The first-order valence-corrected chi connectivity index (χ1v) is 8.73. The zero-order valence-electron chi connectivity index (χ0n) is 15.0. The average Bonchev–Trinajstić information content (AvgIpc) is 3.02. The molecule has 0 aliphatic carbocycles. The minimum Gasteiger partial charge on any atom is -0.356 e. The van der Waals surface area contributed by atoms with E-state index in [1.807, 2.05) is 26.4 Å². The molecule has 2 aromatic rings. The molecule has 130 valence electrons. The van der Waals surface area contributed by atoms with Gasteiger partial charge in [-0.1, -0.05) is 31.2 Å². The number of aryl methyl sites for hydroxylation is 3. The third-order valence-corrected chi connectivity index (χ3v) is 4.21. The number of aliphatic imine (C=N–C) groups is 1. The van der Waals surface area contributed by atoms with Gasteiger partial charge in [0.1, 0.15) is 5.82 Å². The Balaban J connectivity index is 1.68. The molecule has 0 unspecified atom stereocenters. The quantitative estimate of drug-likeness (QED) is 0.445. The largest absolute Gasteiger partial charge is 0.356 e. The van der Waals surface area contributed by atoms with Gasteiger partial charge in [0.25, 0.3) is 0 Å². The van der Waals surface area contributed by atoms with Crippen molar-refractivity contribution in [2.24, 2.45) is 4.99 Å². The average molecular weight is 327 g/mol. The van der Waals surface area contributed by atoms with E-state index < -0.39 is 0 Å². The maximum atomic E-state index is 4.30. The van der Waals surface area contributed by atoms with Crippen LogP contribution in [0.5, 0.6) is 0 Å². The molecule has 1 aromatic heterocycles. The Morgan fingerprint density at radius 1 is 1.17 bits per heavy atom. The molecule has 0 saturated carbocycles. The van der Waals surface area contributed by atoms with Crippen molar-refractivity contribution >= 4 is 5.96 Å². The van der Waals surface area contributed by atoms with Crippen LogP contribution in [0.15, 0.2) is 41.7 Å². The highest BCUT2D eigenvalue weighted by Gasteiger charge is 2.02. The number of nitrogens with one attached hydrogen (secondary N) is 2. The first-order valence-electron chi connectivity index (χ1n) is 8.73. The van der Waals surface area contributed by atoms with Gasteiger partial charge in [-0.2, -0.15) is 0 Å². The molecule has 24 heavy (non-hydrogen) atoms. The molecule has 0 aliphatic rings. The zero-order chi connectivity index (χ0) is 17.2. The van der Waals surface area contributed by atoms with Gasteiger partial charge in [0, 0.05) is 39.1 Å². The molecule has 0 atom stereocenters. The fourth-order valence-corrected chi connectivity index (χ4v) is 2.73. The summed E-state index contributed by atoms with van der Waals surface area (Å²) in [5.74, 6) is 1.94. The monoisotopic (exact) mass is 327 g/mol. The van der Waals surface area contributed by atoms with Crippen LogP contribution >= 0.6 is 0 Å². The summed E-state index contributed by atoms with van der Waals surface area (Å²) < 4.78 is 2.19. The van der Waals surface area contributed by atoms with Crippen LogP contribution in [-0.2, 0) is 19.5 Å². The van der Waals surface area contributed by atoms with E-state index in [-0.39, 0.29) is 0 Å². The fourth-order valence-electron chi connectivity index (χ4n) is 2.73. The molecule has 1 heterocycles. The smallest absolute Gasteiger partial charge is 0.191 e. The van der Waals surface area contributed by atoms with E-state index in [9.17, 15) is 0 Å². The van der Waals surface area contributed by atoms with Crippen LogP contribution < -0.4 is 10.6 Å². The van der Waals surface area contributed by atoms with Gasteiger partial charge in [0.15, 0.2) is 5.96 Å². The maximum absolute atomic E-state index is 4.30. The molecule has 1 aromatic carbocycles. The first-order chi connectivity index (χ1) is 11.7. The van der Waals surface area contributed by atoms with E-state index in [4.69, 9.17) is 0 Å². The van der Waals surface area contributed by atoms with Gasteiger partial charge in [-0.15, -0.1) is 0 Å². The number of unbranched alkanes of at least 4 members (excludes halogenated alkanes) is 1. The molecule has 2 N–H and O–H groups in total. The molecular formula is C19H29N5. The molecule has 0 radical (unpaired) electrons. The zero-order valence-corrected chi connectivity index (χ0v) is 15.0. The predicted molar refractivity (Wildman–Crippen MR) is 100 cm³/mol. The number of benzene rings is 1. The third-order valence-electron chi connectivity index (χ3n) is 4.21. The maximum Gasteiger partial charge on any atom is 0.191 e. The summed E-state index contributed by atoms with van der Waals surface area (Å²) in [6.45, 7) is 6.97. The van der Waals surface area contributed by atoms with Crippen LogP contribution in [0.25, 0.3) is 0 Å². The predicted octanol–water partition coefficient (Wildman–Crippen LogP) is 2.90. The van der Waals surface area contributed by atoms with Crippen molar-refractivity contribution in [2.75, 3.05) is 13.6 Å². The van der Waals surface area contributed by atoms with E-state index in [2.05, 4.69) is 56.4 Å². The molecule has 0 aliphatic heterocycles. The third kappa shape index (κ3) is 5.41. The van der Waals surface area contributed by atoms with Crippen LogP contribution in [0.2, 0.25) is 0 Å². The lowest BCUT2D eigenvalue weighted by molar-refractivity contribution is 0.588. The highest BCUT2D eigenvalue weighted by atomic mass is 15.2. The molecule has 5 heteroatoms. The normalized spacial score (nSPS) is 11.5. The molecule has 0 fully saturated rings. The van der Waals surface area contributed by atoms with Crippen LogP contribution in [0.3, 0.4) is 0 Å². The molecular weight excluding hydrogens is 298 g/mol. The van der Waals surface area contributed by atoms with Crippen molar-refractivity contribution in [1.29, 1.82) is 0 Å². The van der Waals surface area contributed by atoms with E-state index in [1.165, 1.54) is 11.1 Å². The van der Waals surface area contributed by atoms with Crippen LogP contribution in [0, 0.1) is 6.92 Å². The number of aromatic nitrogens is 2. The Bertz CT molecular complexity index is 645. The Labute approximate surface area is 145 Å². The summed E-state index contributed by atoms with van der Waals surface area (Å²) in [6.07, 6.45) is 7.17. The molecule has 0 amide bonds. The summed E-state index contributed by atoms with van der Waals surface area (Å²) in [7, 11) is 1.82. The van der Waals surface area contributed by atoms with Gasteiger partial charge in [-0.3, -0.25) is 4.99 Å². The van der Waals surface area contributed by atoms with Gasteiger partial charge in [0.05, 0.1) is 0 Å². The summed E-state index contributed by atoms with van der Waals surface area (Å²) in [5.41, 5.74) is 2.72. The second-order valence-corrected chi connectivity index (χ2v) is 5.85. The van der Waals surface area contributed by atoms with Gasteiger partial charge >= 0.3 is 0 Å². The van der Waals surface area contributed by atoms with E-state index in [0.29, 0.717) is 0 Å². The first kappa shape index (κ1) is 18.0. The van der Waals surface area contributed by atoms with Gasteiger partial charge in [0.2, 0.25) is 0 Å². The van der Waals surface area contributed by atoms with E-state index in [1.54, 1.807) is 0 Å². The fraction of sp³-hybridized carbons (Fsp3) is 0.474. The Kier molecular flexibility index (Phi) is 7.33. The van der Waals surface area contributed by atoms with Crippen LogP contribution in [-0.4, -0.2) is 29.1 Å².